The van der Waals surface area contributed by atoms with Crippen LogP contribution in [-0.2, 0) is 19.1 Å². The monoisotopic (exact) mass is 275 g/mol. The fraction of sp³-hybridized carbons (Fsp3) is 0.846. The predicted octanol–water partition coefficient (Wildman–Crippen LogP) is 0.276. The third-order valence-corrected chi connectivity index (χ3v) is 2.39. The second kappa shape index (κ2) is 12.1. The minimum Gasteiger partial charge on any atom is -0.388 e. The van der Waals surface area contributed by atoms with E-state index in [1.165, 1.54) is 14.0 Å². The van der Waals surface area contributed by atoms with Gasteiger partial charge in [-0.3, -0.25) is 4.79 Å². The summed E-state index contributed by atoms with van der Waals surface area (Å²) in [7, 11) is 1.52. The van der Waals surface area contributed by atoms with Crippen LogP contribution in [0.2, 0.25) is 0 Å². The van der Waals surface area contributed by atoms with Gasteiger partial charge in [0.25, 0.3) is 0 Å². The maximum atomic E-state index is 11.3. The molecule has 0 fully saturated rings. The summed E-state index contributed by atoms with van der Waals surface area (Å²) in [5, 5.41) is 12.0. The highest BCUT2D eigenvalue weighted by molar-refractivity contribution is 5.78. The van der Waals surface area contributed by atoms with E-state index >= 15 is 0 Å². The second-order valence-corrected chi connectivity index (χ2v) is 4.44. The molecule has 0 saturated heterocycles. The number of aliphatic hydroxyl groups excluding tert-OH is 1. The van der Waals surface area contributed by atoms with Crippen molar-refractivity contribution in [1.82, 2.24) is 5.32 Å². The van der Waals surface area contributed by atoms with Crippen molar-refractivity contribution < 1.29 is 24.2 Å². The highest BCUT2D eigenvalue weighted by Crippen LogP contribution is 1.96. The topological polar surface area (TPSA) is 84.9 Å². The number of Topliss-reactive ketones (excluding diaryl/α,β-unsaturated/α-hetero) is 1. The molecule has 0 saturated carbocycles. The summed E-state index contributed by atoms with van der Waals surface area (Å²) in [4.78, 5) is 22.0. The van der Waals surface area contributed by atoms with Crippen molar-refractivity contribution in [1.29, 1.82) is 0 Å². The normalized spacial score (nSPS) is 12.2. The van der Waals surface area contributed by atoms with Crippen LogP contribution in [-0.4, -0.2) is 56.4 Å². The number of ketones is 1. The van der Waals surface area contributed by atoms with Gasteiger partial charge in [-0.15, -0.1) is 0 Å². The minimum absolute atomic E-state index is 0.0410. The molecule has 0 aromatic rings. The molecule has 6 nitrogen and oxygen atoms in total. The fourth-order valence-corrected chi connectivity index (χ4v) is 1.45. The van der Waals surface area contributed by atoms with Gasteiger partial charge in [-0.2, -0.15) is 0 Å². The Bertz CT molecular complexity index is 257. The molecule has 0 heterocycles. The Labute approximate surface area is 114 Å². The standard InChI is InChI=1S/C13H25NO5/c1-11(15)5-3-6-13(17)14-7-4-8-19-10-12(16)9-18-2/h12,16H,3-10H2,1-2H3,(H,14,17). The Morgan fingerprint density at radius 3 is 2.58 bits per heavy atom. The zero-order valence-electron chi connectivity index (χ0n) is 11.8. The van der Waals surface area contributed by atoms with Crippen LogP contribution in [0.5, 0.6) is 0 Å². The van der Waals surface area contributed by atoms with Crippen molar-refractivity contribution in [3.63, 3.8) is 0 Å². The maximum Gasteiger partial charge on any atom is 0.220 e. The van der Waals surface area contributed by atoms with Crippen LogP contribution < -0.4 is 5.32 Å². The number of ether oxygens (including phenoxy) is 2. The van der Waals surface area contributed by atoms with Gasteiger partial charge in [0.2, 0.25) is 5.91 Å². The van der Waals surface area contributed by atoms with Crippen LogP contribution in [0.1, 0.15) is 32.6 Å². The summed E-state index contributed by atoms with van der Waals surface area (Å²) in [5.74, 6) is 0.0662. The van der Waals surface area contributed by atoms with Crippen LogP contribution in [0.4, 0.5) is 0 Å². The van der Waals surface area contributed by atoms with Crippen LogP contribution in [0.25, 0.3) is 0 Å². The van der Waals surface area contributed by atoms with Crippen LogP contribution in [0.15, 0.2) is 0 Å². The Morgan fingerprint density at radius 1 is 1.21 bits per heavy atom. The molecule has 0 aliphatic heterocycles. The van der Waals surface area contributed by atoms with E-state index in [-0.39, 0.29) is 24.9 Å². The molecular formula is C13H25NO5. The molecule has 0 aliphatic carbocycles. The molecule has 1 atom stereocenters. The first-order valence-electron chi connectivity index (χ1n) is 6.57. The molecule has 2 N–H and O–H groups in total. The number of nitrogens with one attached hydrogen (secondary N) is 1. The van der Waals surface area contributed by atoms with Crippen LogP contribution in [0.3, 0.4) is 0 Å². The van der Waals surface area contributed by atoms with E-state index in [1.54, 1.807) is 0 Å². The summed E-state index contributed by atoms with van der Waals surface area (Å²) in [6.45, 7) is 3.04. The summed E-state index contributed by atoms with van der Waals surface area (Å²) >= 11 is 0. The average molecular weight is 275 g/mol. The molecular weight excluding hydrogens is 250 g/mol. The van der Waals surface area contributed by atoms with Gasteiger partial charge in [0, 0.05) is 33.1 Å². The zero-order chi connectivity index (χ0) is 14.5. The van der Waals surface area contributed by atoms with Gasteiger partial charge in [-0.05, 0) is 19.8 Å². The first-order chi connectivity index (χ1) is 9.06. The summed E-state index contributed by atoms with van der Waals surface area (Å²) in [6.07, 6.45) is 1.52. The van der Waals surface area contributed by atoms with Gasteiger partial charge >= 0.3 is 0 Å². The number of methoxy groups -OCH3 is 1. The third-order valence-electron chi connectivity index (χ3n) is 2.39. The lowest BCUT2D eigenvalue weighted by atomic mass is 10.2. The highest BCUT2D eigenvalue weighted by atomic mass is 16.5. The van der Waals surface area contributed by atoms with Crippen molar-refractivity contribution in [2.45, 2.75) is 38.7 Å². The Kier molecular flexibility index (Phi) is 11.5. The number of hydrogen-bond acceptors (Lipinski definition) is 5. The number of aliphatic hydroxyl groups is 1. The fourth-order valence-electron chi connectivity index (χ4n) is 1.45. The lowest BCUT2D eigenvalue weighted by Crippen LogP contribution is -2.26. The number of rotatable bonds is 12. The molecule has 0 aromatic carbocycles. The Balaban J connectivity index is 3.29. The van der Waals surface area contributed by atoms with Gasteiger partial charge in [0.15, 0.2) is 0 Å². The van der Waals surface area contributed by atoms with Crippen molar-refractivity contribution in [3.8, 4) is 0 Å². The van der Waals surface area contributed by atoms with E-state index in [2.05, 4.69) is 5.32 Å². The van der Waals surface area contributed by atoms with Crippen molar-refractivity contribution in [2.24, 2.45) is 0 Å². The minimum atomic E-state index is -0.605. The number of carbonyl (C=O) groups excluding carboxylic acids is 2. The summed E-state index contributed by atoms with van der Waals surface area (Å²) in [5.41, 5.74) is 0. The van der Waals surface area contributed by atoms with E-state index < -0.39 is 6.10 Å². The SMILES string of the molecule is COCC(O)COCCCNC(=O)CCCC(C)=O. The molecule has 6 heteroatoms. The molecule has 0 rings (SSSR count). The van der Waals surface area contributed by atoms with Gasteiger partial charge in [-0.25, -0.2) is 0 Å². The van der Waals surface area contributed by atoms with E-state index in [1.807, 2.05) is 0 Å². The Morgan fingerprint density at radius 2 is 1.95 bits per heavy atom. The molecule has 0 aromatic heterocycles. The van der Waals surface area contributed by atoms with Gasteiger partial charge in [0.05, 0.1) is 13.2 Å². The van der Waals surface area contributed by atoms with Crippen molar-refractivity contribution in [2.75, 3.05) is 33.5 Å². The number of carbonyl (C=O) groups is 2. The molecule has 112 valence electrons. The zero-order valence-corrected chi connectivity index (χ0v) is 11.8. The summed E-state index contributed by atoms with van der Waals surface area (Å²) < 4.78 is 9.97. The van der Waals surface area contributed by atoms with Gasteiger partial charge in [-0.1, -0.05) is 0 Å². The van der Waals surface area contributed by atoms with Crippen LogP contribution in [0, 0.1) is 0 Å². The molecule has 0 aliphatic rings. The van der Waals surface area contributed by atoms with E-state index in [9.17, 15) is 14.7 Å². The van der Waals surface area contributed by atoms with E-state index in [0.717, 1.165) is 0 Å². The number of amides is 1. The lowest BCUT2D eigenvalue weighted by molar-refractivity contribution is -0.121. The molecule has 0 radical (unpaired) electrons. The second-order valence-electron chi connectivity index (χ2n) is 4.44. The maximum absolute atomic E-state index is 11.3. The first-order valence-corrected chi connectivity index (χ1v) is 6.57. The molecule has 1 amide bonds. The smallest absolute Gasteiger partial charge is 0.220 e. The lowest BCUT2D eigenvalue weighted by Gasteiger charge is -2.10. The highest BCUT2D eigenvalue weighted by Gasteiger charge is 2.04. The van der Waals surface area contributed by atoms with Gasteiger partial charge < -0.3 is 24.7 Å². The van der Waals surface area contributed by atoms with E-state index in [0.29, 0.717) is 38.8 Å². The van der Waals surface area contributed by atoms with Gasteiger partial charge in [0.1, 0.15) is 11.9 Å². The Hall–Kier alpha value is -0.980. The van der Waals surface area contributed by atoms with Crippen molar-refractivity contribution >= 4 is 11.7 Å². The molecule has 0 bridgehead atoms. The quantitative estimate of drug-likeness (QED) is 0.500. The summed E-state index contributed by atoms with van der Waals surface area (Å²) in [6, 6.07) is 0. The first kappa shape index (κ1) is 18.0. The molecule has 19 heavy (non-hydrogen) atoms. The largest absolute Gasteiger partial charge is 0.388 e. The number of hydrogen-bond donors (Lipinski definition) is 2. The van der Waals surface area contributed by atoms with Crippen LogP contribution >= 0.6 is 0 Å². The van der Waals surface area contributed by atoms with Crippen molar-refractivity contribution in [3.05, 3.63) is 0 Å². The third kappa shape index (κ3) is 13.3. The molecule has 0 spiro atoms. The predicted molar refractivity (Wildman–Crippen MR) is 70.9 cm³/mol. The average Bonchev–Trinajstić information content (AvgIpc) is 2.33. The molecule has 1 unspecified atom stereocenters. The van der Waals surface area contributed by atoms with E-state index in [4.69, 9.17) is 9.47 Å².